The van der Waals surface area contributed by atoms with Crippen molar-refractivity contribution in [2.75, 3.05) is 45.8 Å². The van der Waals surface area contributed by atoms with Gasteiger partial charge in [-0.3, -0.25) is 9.59 Å². The highest BCUT2D eigenvalue weighted by Crippen LogP contribution is 2.18. The van der Waals surface area contributed by atoms with Crippen molar-refractivity contribution in [3.05, 3.63) is 35.9 Å². The second-order valence-electron chi connectivity index (χ2n) is 7.20. The first-order chi connectivity index (χ1) is 12.7. The van der Waals surface area contributed by atoms with Crippen LogP contribution in [0.25, 0.3) is 0 Å². The van der Waals surface area contributed by atoms with E-state index < -0.39 is 0 Å². The van der Waals surface area contributed by atoms with Crippen molar-refractivity contribution in [1.82, 2.24) is 20.4 Å². The summed E-state index contributed by atoms with van der Waals surface area (Å²) in [6.45, 7) is 6.64. The van der Waals surface area contributed by atoms with Gasteiger partial charge in [-0.1, -0.05) is 30.3 Å². The molecule has 0 aliphatic carbocycles. The van der Waals surface area contributed by atoms with Gasteiger partial charge in [-0.15, -0.1) is 0 Å². The van der Waals surface area contributed by atoms with Crippen molar-refractivity contribution in [2.45, 2.75) is 25.8 Å². The molecule has 2 fully saturated rings. The fourth-order valence-electron chi connectivity index (χ4n) is 3.67. The van der Waals surface area contributed by atoms with E-state index in [1.165, 1.54) is 0 Å². The van der Waals surface area contributed by atoms with Gasteiger partial charge in [-0.2, -0.15) is 0 Å². The van der Waals surface area contributed by atoms with Gasteiger partial charge < -0.3 is 20.4 Å². The summed E-state index contributed by atoms with van der Waals surface area (Å²) in [5.41, 5.74) is 1.13. The van der Waals surface area contributed by atoms with Crippen LogP contribution in [-0.2, 0) is 16.1 Å². The summed E-state index contributed by atoms with van der Waals surface area (Å²) in [6, 6.07) is 10.0. The van der Waals surface area contributed by atoms with Gasteiger partial charge in [0, 0.05) is 51.6 Å². The monoisotopic (exact) mass is 358 g/mol. The Morgan fingerprint density at radius 2 is 1.73 bits per heavy atom. The van der Waals surface area contributed by atoms with E-state index in [9.17, 15) is 9.59 Å². The summed E-state index contributed by atoms with van der Waals surface area (Å²) in [4.78, 5) is 28.9. The number of rotatable bonds is 6. The van der Waals surface area contributed by atoms with E-state index in [4.69, 9.17) is 0 Å². The van der Waals surface area contributed by atoms with Crippen molar-refractivity contribution in [2.24, 2.45) is 5.92 Å². The molecule has 6 nitrogen and oxygen atoms in total. The molecule has 1 aromatic rings. The van der Waals surface area contributed by atoms with Crippen LogP contribution in [0.15, 0.2) is 30.3 Å². The summed E-state index contributed by atoms with van der Waals surface area (Å²) < 4.78 is 0. The van der Waals surface area contributed by atoms with Crippen molar-refractivity contribution >= 4 is 11.8 Å². The van der Waals surface area contributed by atoms with Crippen molar-refractivity contribution in [3.63, 3.8) is 0 Å². The van der Waals surface area contributed by atoms with Gasteiger partial charge >= 0.3 is 0 Å². The fraction of sp³-hybridized carbons (Fsp3) is 0.600. The highest BCUT2D eigenvalue weighted by Gasteiger charge is 2.25. The number of likely N-dealkylation sites (tertiary alicyclic amines) is 1. The molecule has 2 saturated heterocycles. The van der Waals surface area contributed by atoms with Crippen molar-refractivity contribution in [3.8, 4) is 0 Å². The smallest absolute Gasteiger partial charge is 0.223 e. The zero-order chi connectivity index (χ0) is 18.2. The molecule has 0 atom stereocenters. The van der Waals surface area contributed by atoms with Gasteiger partial charge in [-0.05, 0) is 31.5 Å². The van der Waals surface area contributed by atoms with Gasteiger partial charge in [0.25, 0.3) is 0 Å². The Labute approximate surface area is 155 Å². The third kappa shape index (κ3) is 5.54. The number of benzene rings is 1. The molecule has 2 aliphatic heterocycles. The summed E-state index contributed by atoms with van der Waals surface area (Å²) >= 11 is 0. The predicted octanol–water partition coefficient (Wildman–Crippen LogP) is 0.837. The molecular formula is C20H30N4O2. The second-order valence-corrected chi connectivity index (χ2v) is 7.20. The maximum absolute atomic E-state index is 12.4. The molecule has 2 aliphatic rings. The molecule has 0 bridgehead atoms. The lowest BCUT2D eigenvalue weighted by Gasteiger charge is -2.32. The highest BCUT2D eigenvalue weighted by atomic mass is 16.2. The number of amides is 2. The first-order valence-corrected chi connectivity index (χ1v) is 9.75. The van der Waals surface area contributed by atoms with Crippen LogP contribution >= 0.6 is 0 Å². The Morgan fingerprint density at radius 3 is 2.42 bits per heavy atom. The maximum Gasteiger partial charge on any atom is 0.223 e. The fourth-order valence-corrected chi connectivity index (χ4v) is 3.67. The number of piperazine rings is 1. The SMILES string of the molecule is O=C(NCc1ccccc1)C1CCN(CCC(=O)N2CCNCC2)CC1. The average Bonchev–Trinajstić information content (AvgIpc) is 2.72. The quantitative estimate of drug-likeness (QED) is 0.791. The van der Waals surface area contributed by atoms with Gasteiger partial charge in [0.1, 0.15) is 0 Å². The zero-order valence-electron chi connectivity index (χ0n) is 15.5. The average molecular weight is 358 g/mol. The molecule has 0 spiro atoms. The number of piperidine rings is 1. The van der Waals surface area contributed by atoms with Crippen molar-refractivity contribution in [1.29, 1.82) is 0 Å². The zero-order valence-corrected chi connectivity index (χ0v) is 15.5. The molecule has 0 aromatic heterocycles. The summed E-state index contributed by atoms with van der Waals surface area (Å²) in [7, 11) is 0. The third-order valence-electron chi connectivity index (χ3n) is 5.38. The van der Waals surface area contributed by atoms with E-state index >= 15 is 0 Å². The lowest BCUT2D eigenvalue weighted by molar-refractivity contribution is -0.132. The Kier molecular flexibility index (Phi) is 7.03. The number of hydrogen-bond acceptors (Lipinski definition) is 4. The number of hydrogen-bond donors (Lipinski definition) is 2. The number of carbonyl (C=O) groups is 2. The van der Waals surface area contributed by atoms with E-state index in [2.05, 4.69) is 15.5 Å². The standard InChI is InChI=1S/C20H30N4O2/c25-19(24-14-9-21-10-15-24)8-13-23-11-6-18(7-12-23)20(26)22-16-17-4-2-1-3-5-17/h1-5,18,21H,6-16H2,(H,22,26). The summed E-state index contributed by atoms with van der Waals surface area (Å²) in [5, 5.41) is 6.32. The van der Waals surface area contributed by atoms with Crippen LogP contribution < -0.4 is 10.6 Å². The molecule has 1 aromatic carbocycles. The van der Waals surface area contributed by atoms with E-state index in [0.29, 0.717) is 13.0 Å². The molecule has 2 N–H and O–H groups in total. The van der Waals surface area contributed by atoms with Crippen LogP contribution in [0.3, 0.4) is 0 Å². The van der Waals surface area contributed by atoms with Crippen molar-refractivity contribution < 1.29 is 9.59 Å². The van der Waals surface area contributed by atoms with Gasteiger partial charge in [0.05, 0.1) is 0 Å². The number of nitrogens with zero attached hydrogens (tertiary/aromatic N) is 2. The van der Waals surface area contributed by atoms with Gasteiger partial charge in [0.15, 0.2) is 0 Å². The van der Waals surface area contributed by atoms with Gasteiger partial charge in [0.2, 0.25) is 11.8 Å². The molecule has 3 rings (SSSR count). The number of carbonyl (C=O) groups excluding carboxylic acids is 2. The lowest BCUT2D eigenvalue weighted by atomic mass is 9.95. The van der Waals surface area contributed by atoms with Gasteiger partial charge in [-0.25, -0.2) is 0 Å². The largest absolute Gasteiger partial charge is 0.352 e. The normalized spacial score (nSPS) is 19.3. The summed E-state index contributed by atoms with van der Waals surface area (Å²) in [5.74, 6) is 0.512. The maximum atomic E-state index is 12.4. The molecule has 0 unspecified atom stereocenters. The number of nitrogens with one attached hydrogen (secondary N) is 2. The van der Waals surface area contributed by atoms with Crippen LogP contribution in [0.1, 0.15) is 24.8 Å². The highest BCUT2D eigenvalue weighted by molar-refractivity contribution is 5.78. The molecule has 0 radical (unpaired) electrons. The topological polar surface area (TPSA) is 64.7 Å². The molecule has 2 amide bonds. The molecule has 6 heteroatoms. The van der Waals surface area contributed by atoms with E-state index in [0.717, 1.165) is 64.2 Å². The minimum atomic E-state index is 0.0961. The Hall–Kier alpha value is -1.92. The first kappa shape index (κ1) is 18.9. The summed E-state index contributed by atoms with van der Waals surface area (Å²) in [6.07, 6.45) is 2.34. The Bertz CT molecular complexity index is 579. The van der Waals surface area contributed by atoms with Crippen LogP contribution in [0, 0.1) is 5.92 Å². The third-order valence-corrected chi connectivity index (χ3v) is 5.38. The first-order valence-electron chi connectivity index (χ1n) is 9.75. The van der Waals surface area contributed by atoms with Crippen LogP contribution in [0.4, 0.5) is 0 Å². The Balaban J connectivity index is 1.33. The van der Waals surface area contributed by atoms with E-state index in [1.807, 2.05) is 35.2 Å². The Morgan fingerprint density at radius 1 is 1.04 bits per heavy atom. The molecule has 26 heavy (non-hydrogen) atoms. The molecule has 0 saturated carbocycles. The minimum absolute atomic E-state index is 0.0961. The molecular weight excluding hydrogens is 328 g/mol. The van der Waals surface area contributed by atoms with E-state index in [1.54, 1.807) is 0 Å². The van der Waals surface area contributed by atoms with E-state index in [-0.39, 0.29) is 17.7 Å². The molecule has 2 heterocycles. The minimum Gasteiger partial charge on any atom is -0.352 e. The van der Waals surface area contributed by atoms with Crippen LogP contribution in [0.5, 0.6) is 0 Å². The van der Waals surface area contributed by atoms with Crippen LogP contribution in [0.2, 0.25) is 0 Å². The molecule has 142 valence electrons. The second kappa shape index (κ2) is 9.69. The lowest BCUT2D eigenvalue weighted by Crippen LogP contribution is -2.47. The predicted molar refractivity (Wildman–Crippen MR) is 102 cm³/mol. The van der Waals surface area contributed by atoms with Crippen LogP contribution in [-0.4, -0.2) is 67.4 Å².